The molecule has 3 nitrogen and oxygen atoms in total. The molecule has 0 aromatic heterocycles. The van der Waals surface area contributed by atoms with Gasteiger partial charge in [0.1, 0.15) is 11.5 Å². The minimum Gasteiger partial charge on any atom is -0.496 e. The van der Waals surface area contributed by atoms with E-state index in [4.69, 9.17) is 9.47 Å². The van der Waals surface area contributed by atoms with E-state index < -0.39 is 0 Å². The molecule has 2 rings (SSSR count). The average molecular weight is 291 g/mol. The van der Waals surface area contributed by atoms with E-state index in [9.17, 15) is 0 Å². The van der Waals surface area contributed by atoms with Gasteiger partial charge in [-0.1, -0.05) is 32.8 Å². The van der Waals surface area contributed by atoms with Crippen LogP contribution in [0, 0.1) is 11.8 Å². The van der Waals surface area contributed by atoms with Crippen molar-refractivity contribution in [1.82, 2.24) is 5.32 Å². The van der Waals surface area contributed by atoms with Gasteiger partial charge in [0, 0.05) is 6.04 Å². The number of rotatable bonds is 6. The first-order valence-corrected chi connectivity index (χ1v) is 8.15. The van der Waals surface area contributed by atoms with Crippen LogP contribution in [0.25, 0.3) is 0 Å². The van der Waals surface area contributed by atoms with Crippen LogP contribution in [0.15, 0.2) is 18.2 Å². The second kappa shape index (κ2) is 7.69. The molecule has 0 amide bonds. The molecule has 3 unspecified atom stereocenters. The summed E-state index contributed by atoms with van der Waals surface area (Å²) >= 11 is 0. The van der Waals surface area contributed by atoms with Crippen molar-refractivity contribution in [3.05, 3.63) is 23.8 Å². The van der Waals surface area contributed by atoms with Crippen LogP contribution in [0.1, 0.15) is 51.1 Å². The van der Waals surface area contributed by atoms with Crippen molar-refractivity contribution >= 4 is 0 Å². The van der Waals surface area contributed by atoms with Gasteiger partial charge in [0.15, 0.2) is 0 Å². The Labute approximate surface area is 129 Å². The molecule has 0 radical (unpaired) electrons. The Balaban J connectivity index is 2.37. The van der Waals surface area contributed by atoms with E-state index in [-0.39, 0.29) is 0 Å². The summed E-state index contributed by atoms with van der Waals surface area (Å²) in [5.41, 5.74) is 1.18. The Morgan fingerprint density at radius 3 is 2.38 bits per heavy atom. The molecule has 1 saturated carbocycles. The second-order valence-electron chi connectivity index (χ2n) is 6.14. The number of hydrogen-bond donors (Lipinski definition) is 1. The third kappa shape index (κ3) is 3.70. The summed E-state index contributed by atoms with van der Waals surface area (Å²) in [4.78, 5) is 0. The monoisotopic (exact) mass is 291 g/mol. The van der Waals surface area contributed by atoms with Crippen LogP contribution in [-0.2, 0) is 0 Å². The van der Waals surface area contributed by atoms with Gasteiger partial charge in [0.05, 0.1) is 19.8 Å². The smallest absolute Gasteiger partial charge is 0.127 e. The fourth-order valence-corrected chi connectivity index (χ4v) is 3.69. The van der Waals surface area contributed by atoms with Gasteiger partial charge in [-0.25, -0.2) is 0 Å². The summed E-state index contributed by atoms with van der Waals surface area (Å²) < 4.78 is 11.2. The first-order valence-electron chi connectivity index (χ1n) is 8.15. The molecule has 1 aromatic rings. The highest BCUT2D eigenvalue weighted by molar-refractivity contribution is 5.47. The molecule has 0 saturated heterocycles. The zero-order chi connectivity index (χ0) is 15.2. The van der Waals surface area contributed by atoms with Crippen molar-refractivity contribution in [2.75, 3.05) is 20.8 Å². The third-order valence-corrected chi connectivity index (χ3v) is 4.65. The van der Waals surface area contributed by atoms with Crippen LogP contribution in [-0.4, -0.2) is 20.8 Å². The molecule has 0 spiro atoms. The van der Waals surface area contributed by atoms with Gasteiger partial charge in [0.25, 0.3) is 0 Å². The van der Waals surface area contributed by atoms with E-state index in [1.165, 1.54) is 31.2 Å². The summed E-state index contributed by atoms with van der Waals surface area (Å²) in [5, 5.41) is 3.68. The normalized spacial score (nSPS) is 23.6. The van der Waals surface area contributed by atoms with Gasteiger partial charge in [-0.3, -0.25) is 0 Å². The largest absolute Gasteiger partial charge is 0.496 e. The molecule has 1 aliphatic rings. The Kier molecular flexibility index (Phi) is 5.92. The lowest BCUT2D eigenvalue weighted by Crippen LogP contribution is -2.31. The highest BCUT2D eigenvalue weighted by atomic mass is 16.5. The maximum Gasteiger partial charge on any atom is 0.127 e. The van der Waals surface area contributed by atoms with E-state index in [1.54, 1.807) is 14.2 Å². The maximum absolute atomic E-state index is 5.61. The van der Waals surface area contributed by atoms with Gasteiger partial charge < -0.3 is 14.8 Å². The molecule has 0 heterocycles. The molecule has 0 bridgehead atoms. The van der Waals surface area contributed by atoms with E-state index in [1.807, 2.05) is 18.2 Å². The third-order valence-electron chi connectivity index (χ3n) is 4.65. The molecular formula is C18H29NO2. The minimum absolute atomic E-state index is 0.309. The number of hydrogen-bond acceptors (Lipinski definition) is 3. The lowest BCUT2D eigenvalue weighted by Gasteiger charge is -2.35. The molecule has 21 heavy (non-hydrogen) atoms. The summed E-state index contributed by atoms with van der Waals surface area (Å²) in [7, 11) is 3.48. The number of ether oxygens (including phenoxy) is 2. The molecule has 1 aromatic carbocycles. The van der Waals surface area contributed by atoms with Crippen molar-refractivity contribution in [1.29, 1.82) is 0 Å². The second-order valence-corrected chi connectivity index (χ2v) is 6.14. The fourth-order valence-electron chi connectivity index (χ4n) is 3.69. The number of benzene rings is 1. The van der Waals surface area contributed by atoms with Crippen LogP contribution in [0.3, 0.4) is 0 Å². The lowest BCUT2D eigenvalue weighted by molar-refractivity contribution is 0.218. The van der Waals surface area contributed by atoms with E-state index >= 15 is 0 Å². The van der Waals surface area contributed by atoms with Crippen LogP contribution in [0.2, 0.25) is 0 Å². The van der Waals surface area contributed by atoms with Gasteiger partial charge >= 0.3 is 0 Å². The maximum atomic E-state index is 5.61. The summed E-state index contributed by atoms with van der Waals surface area (Å²) in [5.74, 6) is 3.32. The SMILES string of the molecule is CCNC(c1c(OC)cccc1OC)C1CCCC(C)C1. The number of methoxy groups -OCH3 is 2. The molecule has 1 fully saturated rings. The van der Waals surface area contributed by atoms with E-state index in [0.717, 1.165) is 24.0 Å². The summed E-state index contributed by atoms with van der Waals surface area (Å²) in [6.07, 6.45) is 5.24. The predicted molar refractivity (Wildman–Crippen MR) is 87.1 cm³/mol. The Morgan fingerprint density at radius 1 is 1.19 bits per heavy atom. The molecule has 1 N–H and O–H groups in total. The summed E-state index contributed by atoms with van der Waals surface area (Å²) in [6.45, 7) is 5.49. The van der Waals surface area contributed by atoms with Crippen molar-refractivity contribution in [3.8, 4) is 11.5 Å². The minimum atomic E-state index is 0.309. The van der Waals surface area contributed by atoms with E-state index in [0.29, 0.717) is 12.0 Å². The van der Waals surface area contributed by atoms with E-state index in [2.05, 4.69) is 19.2 Å². The topological polar surface area (TPSA) is 30.5 Å². The van der Waals surface area contributed by atoms with Crippen LogP contribution < -0.4 is 14.8 Å². The Morgan fingerprint density at radius 2 is 1.86 bits per heavy atom. The zero-order valence-electron chi connectivity index (χ0n) is 13.8. The van der Waals surface area contributed by atoms with Gasteiger partial charge in [0.2, 0.25) is 0 Å². The molecule has 1 aliphatic carbocycles. The molecular weight excluding hydrogens is 262 g/mol. The highest BCUT2D eigenvalue weighted by Crippen LogP contribution is 2.43. The van der Waals surface area contributed by atoms with Crippen molar-refractivity contribution < 1.29 is 9.47 Å². The molecule has 118 valence electrons. The fraction of sp³-hybridized carbons (Fsp3) is 0.667. The standard InChI is InChI=1S/C18H29NO2/c1-5-19-18(14-9-6-8-13(2)12-14)17-15(20-3)10-7-11-16(17)21-4/h7,10-11,13-14,18-19H,5-6,8-9,12H2,1-4H3. The quantitative estimate of drug-likeness (QED) is 0.853. The number of nitrogens with one attached hydrogen (secondary N) is 1. The molecule has 3 atom stereocenters. The van der Waals surface area contributed by atoms with Crippen molar-refractivity contribution in [2.24, 2.45) is 11.8 Å². The Bertz CT molecular complexity index is 425. The van der Waals surface area contributed by atoms with Crippen molar-refractivity contribution in [2.45, 2.75) is 45.6 Å². The van der Waals surface area contributed by atoms with Gasteiger partial charge in [-0.05, 0) is 43.4 Å². The van der Waals surface area contributed by atoms with Gasteiger partial charge in [-0.2, -0.15) is 0 Å². The van der Waals surface area contributed by atoms with Crippen LogP contribution in [0.5, 0.6) is 11.5 Å². The van der Waals surface area contributed by atoms with Crippen LogP contribution in [0.4, 0.5) is 0 Å². The lowest BCUT2D eigenvalue weighted by atomic mass is 9.76. The first-order chi connectivity index (χ1) is 10.2. The average Bonchev–Trinajstić information content (AvgIpc) is 2.52. The first kappa shape index (κ1) is 16.2. The van der Waals surface area contributed by atoms with Crippen molar-refractivity contribution in [3.63, 3.8) is 0 Å². The highest BCUT2D eigenvalue weighted by Gasteiger charge is 2.31. The Hall–Kier alpha value is -1.22. The zero-order valence-corrected chi connectivity index (χ0v) is 13.8. The predicted octanol–water partition coefficient (Wildman–Crippen LogP) is 4.18. The van der Waals surface area contributed by atoms with Crippen LogP contribution >= 0.6 is 0 Å². The summed E-state index contributed by atoms with van der Waals surface area (Å²) in [6, 6.07) is 6.38. The van der Waals surface area contributed by atoms with Gasteiger partial charge in [-0.15, -0.1) is 0 Å². The molecule has 3 heteroatoms. The molecule has 0 aliphatic heterocycles.